The van der Waals surface area contributed by atoms with Crippen molar-refractivity contribution in [3.8, 4) is 11.5 Å². The Balaban J connectivity index is 1.74. The normalized spacial score (nSPS) is 13.2. The van der Waals surface area contributed by atoms with Crippen LogP contribution in [0.3, 0.4) is 0 Å². The molecule has 1 aliphatic rings. The Morgan fingerprint density at radius 3 is 2.91 bits per heavy atom. The summed E-state index contributed by atoms with van der Waals surface area (Å²) >= 11 is 0. The number of nitrogens with zero attached hydrogens (tertiary/aromatic N) is 1. The minimum Gasteiger partial charge on any atom is -0.496 e. The van der Waals surface area contributed by atoms with Gasteiger partial charge in [0, 0.05) is 6.42 Å². The number of fused-ring (bicyclic) bond motifs is 1. The molecule has 0 aromatic heterocycles. The van der Waals surface area contributed by atoms with Crippen molar-refractivity contribution < 1.29 is 14.3 Å². The highest BCUT2D eigenvalue weighted by Gasteiger charge is 2.23. The van der Waals surface area contributed by atoms with Crippen molar-refractivity contribution in [2.45, 2.75) is 19.8 Å². The van der Waals surface area contributed by atoms with E-state index in [2.05, 4.69) is 0 Å². The predicted octanol–water partition coefficient (Wildman–Crippen LogP) is 3.36. The van der Waals surface area contributed by atoms with Crippen molar-refractivity contribution in [1.29, 1.82) is 0 Å². The number of amides is 1. The molecular weight excluding hydrogens is 290 g/mol. The largest absolute Gasteiger partial charge is 0.496 e. The van der Waals surface area contributed by atoms with E-state index in [0.717, 1.165) is 28.3 Å². The fraction of sp³-hybridized carbons (Fsp3) is 0.316. The van der Waals surface area contributed by atoms with Gasteiger partial charge in [-0.05, 0) is 42.7 Å². The second-order valence-electron chi connectivity index (χ2n) is 5.68. The molecule has 1 aliphatic heterocycles. The van der Waals surface area contributed by atoms with E-state index < -0.39 is 0 Å². The van der Waals surface area contributed by atoms with Crippen LogP contribution in [0.2, 0.25) is 0 Å². The Bertz CT molecular complexity index is 712. The van der Waals surface area contributed by atoms with Gasteiger partial charge >= 0.3 is 0 Å². The highest BCUT2D eigenvalue weighted by Crippen LogP contribution is 2.33. The molecule has 23 heavy (non-hydrogen) atoms. The number of methoxy groups -OCH3 is 1. The lowest BCUT2D eigenvalue weighted by molar-refractivity contribution is -0.118. The van der Waals surface area contributed by atoms with Crippen LogP contribution >= 0.6 is 0 Å². The number of aryl methyl sites for hydroxylation is 2. The van der Waals surface area contributed by atoms with E-state index >= 15 is 0 Å². The van der Waals surface area contributed by atoms with Gasteiger partial charge in [-0.25, -0.2) is 0 Å². The maximum absolute atomic E-state index is 12.7. The van der Waals surface area contributed by atoms with Crippen LogP contribution < -0.4 is 14.4 Å². The maximum atomic E-state index is 12.7. The van der Waals surface area contributed by atoms with Crippen molar-refractivity contribution in [3.63, 3.8) is 0 Å². The number of para-hydroxylation sites is 1. The first-order valence-electron chi connectivity index (χ1n) is 7.85. The molecule has 0 saturated heterocycles. The number of anilines is 1. The minimum absolute atomic E-state index is 0.117. The molecule has 0 atom stereocenters. The second kappa shape index (κ2) is 6.73. The quantitative estimate of drug-likeness (QED) is 0.869. The molecule has 0 fully saturated rings. The van der Waals surface area contributed by atoms with Gasteiger partial charge in [0.2, 0.25) is 5.91 Å². The van der Waals surface area contributed by atoms with E-state index in [0.29, 0.717) is 26.0 Å². The third-order valence-corrected chi connectivity index (χ3v) is 4.08. The lowest BCUT2D eigenvalue weighted by Gasteiger charge is -2.30. The van der Waals surface area contributed by atoms with Crippen molar-refractivity contribution in [3.05, 3.63) is 53.6 Å². The van der Waals surface area contributed by atoms with Crippen molar-refractivity contribution >= 4 is 11.6 Å². The average Bonchev–Trinajstić information content (AvgIpc) is 2.59. The van der Waals surface area contributed by atoms with Gasteiger partial charge in [-0.2, -0.15) is 0 Å². The number of benzene rings is 2. The Morgan fingerprint density at radius 1 is 1.26 bits per heavy atom. The van der Waals surface area contributed by atoms with Gasteiger partial charge in [-0.15, -0.1) is 0 Å². The first-order chi connectivity index (χ1) is 11.2. The van der Waals surface area contributed by atoms with Gasteiger partial charge in [-0.3, -0.25) is 4.79 Å². The van der Waals surface area contributed by atoms with Gasteiger partial charge in [0.05, 0.1) is 19.3 Å². The zero-order valence-corrected chi connectivity index (χ0v) is 13.5. The molecule has 0 N–H and O–H groups in total. The third-order valence-electron chi connectivity index (χ3n) is 4.08. The summed E-state index contributed by atoms with van der Waals surface area (Å²) < 4.78 is 11.0. The molecule has 0 radical (unpaired) electrons. The summed E-state index contributed by atoms with van der Waals surface area (Å²) in [6.45, 7) is 3.16. The van der Waals surface area contributed by atoms with E-state index in [9.17, 15) is 4.79 Å². The zero-order chi connectivity index (χ0) is 16.2. The van der Waals surface area contributed by atoms with Crippen LogP contribution in [0.1, 0.15) is 17.5 Å². The lowest BCUT2D eigenvalue weighted by atomic mass is 10.1. The molecule has 0 spiro atoms. The molecule has 2 aromatic rings. The van der Waals surface area contributed by atoms with Crippen LogP contribution in [0.4, 0.5) is 5.69 Å². The molecule has 0 aliphatic carbocycles. The standard InChI is InChI=1S/C19H21NO3/c1-14-7-9-18-16(13-14)20(11-12-23-18)19(21)10-8-15-5-3-4-6-17(15)22-2/h3-7,9,13H,8,10-12H2,1-2H3. The Hall–Kier alpha value is -2.49. The highest BCUT2D eigenvalue weighted by molar-refractivity contribution is 5.95. The molecule has 3 rings (SSSR count). The maximum Gasteiger partial charge on any atom is 0.227 e. The highest BCUT2D eigenvalue weighted by atomic mass is 16.5. The Kier molecular flexibility index (Phi) is 4.51. The number of carbonyl (C=O) groups excluding carboxylic acids is 1. The predicted molar refractivity (Wildman–Crippen MR) is 90.3 cm³/mol. The van der Waals surface area contributed by atoms with Crippen LogP contribution in [0.15, 0.2) is 42.5 Å². The zero-order valence-electron chi connectivity index (χ0n) is 13.5. The van der Waals surface area contributed by atoms with Crippen LogP contribution in [0.5, 0.6) is 11.5 Å². The molecule has 4 nitrogen and oxygen atoms in total. The van der Waals surface area contributed by atoms with E-state index in [1.54, 1.807) is 7.11 Å². The summed E-state index contributed by atoms with van der Waals surface area (Å²) in [6, 6.07) is 13.8. The molecular formula is C19H21NO3. The number of carbonyl (C=O) groups is 1. The van der Waals surface area contributed by atoms with Crippen LogP contribution in [0, 0.1) is 6.92 Å². The molecule has 4 heteroatoms. The fourth-order valence-electron chi connectivity index (χ4n) is 2.87. The number of hydrogen-bond donors (Lipinski definition) is 0. The Morgan fingerprint density at radius 2 is 2.09 bits per heavy atom. The van der Waals surface area contributed by atoms with Gasteiger partial charge in [-0.1, -0.05) is 24.3 Å². The van der Waals surface area contributed by atoms with Crippen LogP contribution in [0.25, 0.3) is 0 Å². The van der Waals surface area contributed by atoms with Gasteiger partial charge in [0.25, 0.3) is 0 Å². The SMILES string of the molecule is COc1ccccc1CCC(=O)N1CCOc2ccc(C)cc21. The molecule has 0 bridgehead atoms. The van der Waals surface area contributed by atoms with E-state index in [4.69, 9.17) is 9.47 Å². The first kappa shape index (κ1) is 15.4. The van der Waals surface area contributed by atoms with E-state index in [1.807, 2.05) is 54.3 Å². The topological polar surface area (TPSA) is 38.8 Å². The van der Waals surface area contributed by atoms with Gasteiger partial charge in [0.1, 0.15) is 18.1 Å². The summed E-state index contributed by atoms with van der Waals surface area (Å²) in [4.78, 5) is 14.5. The van der Waals surface area contributed by atoms with Gasteiger partial charge < -0.3 is 14.4 Å². The summed E-state index contributed by atoms with van der Waals surface area (Å²) in [5.41, 5.74) is 3.05. The summed E-state index contributed by atoms with van der Waals surface area (Å²) in [6.07, 6.45) is 1.12. The Labute approximate surface area is 136 Å². The molecule has 0 saturated carbocycles. The summed E-state index contributed by atoms with van der Waals surface area (Å²) in [5.74, 6) is 1.73. The van der Waals surface area contributed by atoms with Gasteiger partial charge in [0.15, 0.2) is 0 Å². The summed E-state index contributed by atoms with van der Waals surface area (Å²) in [5, 5.41) is 0. The number of rotatable bonds is 4. The molecule has 2 aromatic carbocycles. The minimum atomic E-state index is 0.117. The molecule has 120 valence electrons. The van der Waals surface area contributed by atoms with E-state index in [1.165, 1.54) is 0 Å². The van der Waals surface area contributed by atoms with Crippen LogP contribution in [-0.2, 0) is 11.2 Å². The average molecular weight is 311 g/mol. The third kappa shape index (κ3) is 3.31. The van der Waals surface area contributed by atoms with Crippen molar-refractivity contribution in [2.24, 2.45) is 0 Å². The van der Waals surface area contributed by atoms with Crippen molar-refractivity contribution in [1.82, 2.24) is 0 Å². The second-order valence-corrected chi connectivity index (χ2v) is 5.68. The monoisotopic (exact) mass is 311 g/mol. The van der Waals surface area contributed by atoms with Crippen molar-refractivity contribution in [2.75, 3.05) is 25.2 Å². The lowest BCUT2D eigenvalue weighted by Crippen LogP contribution is -2.38. The fourth-order valence-corrected chi connectivity index (χ4v) is 2.87. The molecule has 1 amide bonds. The smallest absolute Gasteiger partial charge is 0.227 e. The van der Waals surface area contributed by atoms with Crippen LogP contribution in [-0.4, -0.2) is 26.2 Å². The molecule has 0 unspecified atom stereocenters. The number of ether oxygens (including phenoxy) is 2. The number of hydrogen-bond acceptors (Lipinski definition) is 3. The summed E-state index contributed by atoms with van der Waals surface area (Å²) in [7, 11) is 1.65. The first-order valence-corrected chi connectivity index (χ1v) is 7.85. The van der Waals surface area contributed by atoms with E-state index in [-0.39, 0.29) is 5.91 Å². The molecule has 1 heterocycles.